The van der Waals surface area contributed by atoms with Crippen LogP contribution in [0, 0.1) is 0 Å². The number of benzene rings is 3. The van der Waals surface area contributed by atoms with Crippen molar-refractivity contribution in [2.75, 3.05) is 6.54 Å². The minimum absolute atomic E-state index is 0.0920. The molecule has 0 atom stereocenters. The van der Waals surface area contributed by atoms with Crippen LogP contribution >= 0.6 is 23.2 Å². The second kappa shape index (κ2) is 10.8. The average Bonchev–Trinajstić information content (AvgIpc) is 2.77. The van der Waals surface area contributed by atoms with Gasteiger partial charge in [0.1, 0.15) is 0 Å². The highest BCUT2D eigenvalue weighted by atomic mass is 35.5. The number of carbonyl (C=O) groups is 2. The molecule has 0 radical (unpaired) electrons. The maximum absolute atomic E-state index is 12.5. The van der Waals surface area contributed by atoms with E-state index in [1.165, 1.54) is 0 Å². The van der Waals surface area contributed by atoms with Gasteiger partial charge in [0.05, 0.1) is 12.6 Å². The molecule has 0 aliphatic rings. The molecule has 6 heteroatoms. The van der Waals surface area contributed by atoms with Crippen LogP contribution in [0.1, 0.15) is 29.2 Å². The van der Waals surface area contributed by atoms with Crippen LogP contribution in [0.15, 0.2) is 78.9 Å². The third kappa shape index (κ3) is 6.61. The van der Waals surface area contributed by atoms with Crippen molar-refractivity contribution < 1.29 is 9.59 Å². The molecule has 0 unspecified atom stereocenters. The van der Waals surface area contributed by atoms with Crippen molar-refractivity contribution in [2.45, 2.75) is 18.9 Å². The molecule has 0 saturated heterocycles. The molecular formula is C24H22Cl2N2O2. The molecule has 2 amide bonds. The standard InChI is InChI=1S/C24H22Cl2N2O2/c25-20-11-7-18(8-12-20)24(19-9-13-21(26)14-10-19)28-23(30)16-27-22(29)15-6-17-4-2-1-3-5-17/h1-5,7-14,24H,6,15-16H2,(H,27,29)(H,28,30). The Morgan fingerprint density at radius 3 is 1.80 bits per heavy atom. The Hall–Kier alpha value is -2.82. The van der Waals surface area contributed by atoms with Gasteiger partial charge in [0.25, 0.3) is 0 Å². The molecule has 3 rings (SSSR count). The van der Waals surface area contributed by atoms with E-state index in [2.05, 4.69) is 10.6 Å². The third-order valence-electron chi connectivity index (χ3n) is 4.64. The lowest BCUT2D eigenvalue weighted by Crippen LogP contribution is -2.39. The third-order valence-corrected chi connectivity index (χ3v) is 5.15. The lowest BCUT2D eigenvalue weighted by Gasteiger charge is -2.20. The van der Waals surface area contributed by atoms with Gasteiger partial charge in [0.15, 0.2) is 0 Å². The van der Waals surface area contributed by atoms with Gasteiger partial charge in [-0.25, -0.2) is 0 Å². The van der Waals surface area contributed by atoms with Crippen LogP contribution in [-0.2, 0) is 16.0 Å². The first-order valence-electron chi connectivity index (χ1n) is 9.62. The van der Waals surface area contributed by atoms with E-state index in [1.54, 1.807) is 24.3 Å². The average molecular weight is 441 g/mol. The number of carbonyl (C=O) groups excluding carboxylic acids is 2. The first-order valence-corrected chi connectivity index (χ1v) is 10.4. The van der Waals surface area contributed by atoms with E-state index in [9.17, 15) is 9.59 Å². The number of hydrogen-bond donors (Lipinski definition) is 2. The Balaban J connectivity index is 1.59. The first-order chi connectivity index (χ1) is 14.5. The highest BCUT2D eigenvalue weighted by Gasteiger charge is 2.17. The molecule has 3 aromatic rings. The Morgan fingerprint density at radius 1 is 0.733 bits per heavy atom. The van der Waals surface area contributed by atoms with E-state index in [0.717, 1.165) is 16.7 Å². The molecule has 0 aromatic heterocycles. The molecule has 154 valence electrons. The summed E-state index contributed by atoms with van der Waals surface area (Å²) < 4.78 is 0. The van der Waals surface area contributed by atoms with Crippen molar-refractivity contribution in [3.63, 3.8) is 0 Å². The number of hydrogen-bond acceptors (Lipinski definition) is 2. The predicted molar refractivity (Wildman–Crippen MR) is 121 cm³/mol. The summed E-state index contributed by atoms with van der Waals surface area (Å²) in [5.41, 5.74) is 2.85. The van der Waals surface area contributed by atoms with Gasteiger partial charge in [-0.15, -0.1) is 0 Å². The quantitative estimate of drug-likeness (QED) is 0.520. The number of halogens is 2. The van der Waals surface area contributed by atoms with Crippen molar-refractivity contribution >= 4 is 35.0 Å². The minimum Gasteiger partial charge on any atom is -0.347 e. The summed E-state index contributed by atoms with van der Waals surface area (Å²) in [6, 6.07) is 23.9. The van der Waals surface area contributed by atoms with Gasteiger partial charge in [-0.2, -0.15) is 0 Å². The predicted octanol–water partition coefficient (Wildman–Crippen LogP) is 4.95. The molecule has 4 nitrogen and oxygen atoms in total. The van der Waals surface area contributed by atoms with Gasteiger partial charge in [0, 0.05) is 16.5 Å². The largest absolute Gasteiger partial charge is 0.347 e. The van der Waals surface area contributed by atoms with Crippen LogP contribution < -0.4 is 10.6 Å². The van der Waals surface area contributed by atoms with E-state index >= 15 is 0 Å². The van der Waals surface area contributed by atoms with Crippen LogP contribution in [0.3, 0.4) is 0 Å². The van der Waals surface area contributed by atoms with E-state index in [1.807, 2.05) is 54.6 Å². The fraction of sp³-hybridized carbons (Fsp3) is 0.167. The van der Waals surface area contributed by atoms with Crippen molar-refractivity contribution in [3.05, 3.63) is 106 Å². The number of amides is 2. The SMILES string of the molecule is O=C(CCc1ccccc1)NCC(=O)NC(c1ccc(Cl)cc1)c1ccc(Cl)cc1. The van der Waals surface area contributed by atoms with Crippen LogP contribution in [0.25, 0.3) is 0 Å². The van der Waals surface area contributed by atoms with Crippen LogP contribution in [0.2, 0.25) is 10.0 Å². The topological polar surface area (TPSA) is 58.2 Å². The van der Waals surface area contributed by atoms with Crippen LogP contribution in [0.4, 0.5) is 0 Å². The highest BCUT2D eigenvalue weighted by molar-refractivity contribution is 6.30. The number of aryl methyl sites for hydroxylation is 1. The second-order valence-corrected chi connectivity index (χ2v) is 7.74. The maximum atomic E-state index is 12.5. The van der Waals surface area contributed by atoms with Gasteiger partial charge in [-0.3, -0.25) is 9.59 Å². The molecule has 3 aromatic carbocycles. The normalized spacial score (nSPS) is 10.6. The van der Waals surface area contributed by atoms with E-state index in [-0.39, 0.29) is 24.4 Å². The molecule has 0 fully saturated rings. The van der Waals surface area contributed by atoms with Crippen molar-refractivity contribution in [3.8, 4) is 0 Å². The molecule has 30 heavy (non-hydrogen) atoms. The van der Waals surface area contributed by atoms with E-state index < -0.39 is 0 Å². The Labute approximate surface area is 186 Å². The summed E-state index contributed by atoms with van der Waals surface area (Å²) >= 11 is 12.0. The van der Waals surface area contributed by atoms with Gasteiger partial charge < -0.3 is 10.6 Å². The number of rotatable bonds is 8. The Bertz CT molecular complexity index is 929. The van der Waals surface area contributed by atoms with Crippen molar-refractivity contribution in [1.82, 2.24) is 10.6 Å². The van der Waals surface area contributed by atoms with Gasteiger partial charge in [-0.1, -0.05) is 77.8 Å². The van der Waals surface area contributed by atoms with Gasteiger partial charge in [0.2, 0.25) is 11.8 Å². The molecule has 0 heterocycles. The maximum Gasteiger partial charge on any atom is 0.240 e. The highest BCUT2D eigenvalue weighted by Crippen LogP contribution is 2.25. The molecule has 0 saturated carbocycles. The molecule has 0 aliphatic heterocycles. The van der Waals surface area contributed by atoms with E-state index in [0.29, 0.717) is 22.9 Å². The molecule has 2 N–H and O–H groups in total. The lowest BCUT2D eigenvalue weighted by atomic mass is 9.98. The van der Waals surface area contributed by atoms with Crippen LogP contribution in [-0.4, -0.2) is 18.4 Å². The van der Waals surface area contributed by atoms with Gasteiger partial charge in [-0.05, 0) is 47.4 Å². The molecule has 0 spiro atoms. The van der Waals surface area contributed by atoms with Crippen molar-refractivity contribution in [1.29, 1.82) is 0 Å². The zero-order valence-electron chi connectivity index (χ0n) is 16.3. The van der Waals surface area contributed by atoms with Gasteiger partial charge >= 0.3 is 0 Å². The first kappa shape index (κ1) is 21.9. The molecule has 0 aliphatic carbocycles. The van der Waals surface area contributed by atoms with Crippen LogP contribution in [0.5, 0.6) is 0 Å². The summed E-state index contributed by atoms with van der Waals surface area (Å²) in [5.74, 6) is -0.443. The minimum atomic E-state index is -0.381. The summed E-state index contributed by atoms with van der Waals surface area (Å²) in [6.07, 6.45) is 0.960. The summed E-state index contributed by atoms with van der Waals surface area (Å²) in [4.78, 5) is 24.6. The fourth-order valence-corrected chi connectivity index (χ4v) is 3.30. The summed E-state index contributed by atoms with van der Waals surface area (Å²) in [5, 5.41) is 6.90. The summed E-state index contributed by atoms with van der Waals surface area (Å²) in [6.45, 7) is -0.0920. The Morgan fingerprint density at radius 2 is 1.27 bits per heavy atom. The Kier molecular flexibility index (Phi) is 7.89. The van der Waals surface area contributed by atoms with Crippen molar-refractivity contribution in [2.24, 2.45) is 0 Å². The lowest BCUT2D eigenvalue weighted by molar-refractivity contribution is -0.126. The monoisotopic (exact) mass is 440 g/mol. The van der Waals surface area contributed by atoms with E-state index in [4.69, 9.17) is 23.2 Å². The molecule has 0 bridgehead atoms. The number of nitrogens with one attached hydrogen (secondary N) is 2. The molecular weight excluding hydrogens is 419 g/mol. The zero-order valence-corrected chi connectivity index (χ0v) is 17.8. The zero-order chi connectivity index (χ0) is 21.3. The fourth-order valence-electron chi connectivity index (χ4n) is 3.05. The smallest absolute Gasteiger partial charge is 0.240 e. The summed E-state index contributed by atoms with van der Waals surface area (Å²) in [7, 11) is 0. The second-order valence-electron chi connectivity index (χ2n) is 6.87.